The number of anilines is 1. The molecule has 2 heterocycles. The number of carbonyl (C=O) groups is 1. The first-order chi connectivity index (χ1) is 12.4. The summed E-state index contributed by atoms with van der Waals surface area (Å²) in [5.41, 5.74) is -1.06. The zero-order valence-corrected chi connectivity index (χ0v) is 13.8. The van der Waals surface area contributed by atoms with E-state index in [0.29, 0.717) is 19.1 Å². The molecule has 0 saturated carbocycles. The lowest BCUT2D eigenvalue weighted by molar-refractivity contribution is -0.136. The van der Waals surface area contributed by atoms with Crippen LogP contribution in [0.25, 0.3) is 0 Å². The zero-order valence-electron chi connectivity index (χ0n) is 13.8. The maximum atomic E-state index is 13.0. The van der Waals surface area contributed by atoms with Gasteiger partial charge in [0.1, 0.15) is 6.10 Å². The van der Waals surface area contributed by atoms with Gasteiger partial charge < -0.3 is 14.8 Å². The molecule has 1 N–H and O–H groups in total. The molecule has 8 heteroatoms. The molecule has 1 aliphatic rings. The van der Waals surface area contributed by atoms with Crippen molar-refractivity contribution < 1.29 is 27.4 Å². The van der Waals surface area contributed by atoms with Gasteiger partial charge >= 0.3 is 6.18 Å². The largest absolute Gasteiger partial charge is 0.474 e. The summed E-state index contributed by atoms with van der Waals surface area (Å²) in [7, 11) is 0. The lowest BCUT2D eigenvalue weighted by Gasteiger charge is -2.22. The van der Waals surface area contributed by atoms with E-state index >= 15 is 0 Å². The minimum Gasteiger partial charge on any atom is -0.474 e. The van der Waals surface area contributed by atoms with E-state index in [1.807, 2.05) is 0 Å². The first-order valence-corrected chi connectivity index (χ1v) is 8.11. The number of amides is 1. The molecule has 1 aliphatic heterocycles. The monoisotopic (exact) mass is 366 g/mol. The maximum Gasteiger partial charge on any atom is 0.418 e. The Morgan fingerprint density at radius 1 is 1.15 bits per heavy atom. The minimum atomic E-state index is -4.55. The van der Waals surface area contributed by atoms with Crippen LogP contribution in [0.4, 0.5) is 18.9 Å². The summed E-state index contributed by atoms with van der Waals surface area (Å²) in [5.74, 6) is -0.309. The van der Waals surface area contributed by atoms with Crippen molar-refractivity contribution in [2.45, 2.75) is 25.1 Å². The molecule has 0 atom stereocenters. The van der Waals surface area contributed by atoms with Crippen LogP contribution in [0.1, 0.15) is 28.8 Å². The average molecular weight is 366 g/mol. The molecular weight excluding hydrogens is 349 g/mol. The Labute approximate surface area is 148 Å². The van der Waals surface area contributed by atoms with Gasteiger partial charge in [-0.3, -0.25) is 4.79 Å². The molecule has 2 aromatic rings. The number of alkyl halides is 3. The van der Waals surface area contributed by atoms with Crippen molar-refractivity contribution in [2.24, 2.45) is 0 Å². The number of ether oxygens (including phenoxy) is 2. The molecule has 0 spiro atoms. The number of pyridine rings is 1. The van der Waals surface area contributed by atoms with Crippen LogP contribution >= 0.6 is 0 Å². The van der Waals surface area contributed by atoms with Crippen molar-refractivity contribution in [1.29, 1.82) is 0 Å². The third kappa shape index (κ3) is 4.51. The first-order valence-electron chi connectivity index (χ1n) is 8.11. The van der Waals surface area contributed by atoms with Crippen molar-refractivity contribution in [2.75, 3.05) is 18.5 Å². The summed E-state index contributed by atoms with van der Waals surface area (Å²) in [6.45, 7) is 1.26. The first kappa shape index (κ1) is 18.2. The van der Waals surface area contributed by atoms with Gasteiger partial charge in [-0.25, -0.2) is 4.98 Å². The van der Waals surface area contributed by atoms with Gasteiger partial charge in [-0.1, -0.05) is 12.1 Å². The fraction of sp³-hybridized carbons (Fsp3) is 0.333. The van der Waals surface area contributed by atoms with E-state index in [4.69, 9.17) is 9.47 Å². The molecule has 1 aromatic carbocycles. The van der Waals surface area contributed by atoms with Crippen LogP contribution in [-0.4, -0.2) is 30.2 Å². The fourth-order valence-electron chi connectivity index (χ4n) is 2.58. The van der Waals surface area contributed by atoms with E-state index < -0.39 is 17.6 Å². The quantitative estimate of drug-likeness (QED) is 0.891. The summed E-state index contributed by atoms with van der Waals surface area (Å²) in [5, 5.41) is 2.28. The predicted octanol–water partition coefficient (Wildman–Crippen LogP) is 3.91. The zero-order chi connectivity index (χ0) is 18.6. The number of hydrogen-bond acceptors (Lipinski definition) is 4. The molecule has 1 amide bonds. The highest BCUT2D eigenvalue weighted by Crippen LogP contribution is 2.34. The Morgan fingerprint density at radius 2 is 1.88 bits per heavy atom. The number of benzene rings is 1. The van der Waals surface area contributed by atoms with Gasteiger partial charge in [-0.05, 0) is 18.2 Å². The molecular formula is C18H17F3N2O3. The number of nitrogens with one attached hydrogen (secondary N) is 1. The molecule has 26 heavy (non-hydrogen) atoms. The molecule has 1 saturated heterocycles. The third-order valence-electron chi connectivity index (χ3n) is 3.93. The Bertz CT molecular complexity index is 757. The summed E-state index contributed by atoms with van der Waals surface area (Å²) < 4.78 is 49.9. The van der Waals surface area contributed by atoms with Crippen molar-refractivity contribution in [3.63, 3.8) is 0 Å². The highest BCUT2D eigenvalue weighted by molar-refractivity contribution is 6.04. The van der Waals surface area contributed by atoms with Crippen LogP contribution < -0.4 is 10.1 Å². The van der Waals surface area contributed by atoms with Crippen LogP contribution in [0.3, 0.4) is 0 Å². The fourth-order valence-corrected chi connectivity index (χ4v) is 2.58. The second-order valence-electron chi connectivity index (χ2n) is 5.81. The maximum absolute atomic E-state index is 13.0. The molecule has 3 rings (SSSR count). The van der Waals surface area contributed by atoms with Gasteiger partial charge in [0.15, 0.2) is 0 Å². The lowest BCUT2D eigenvalue weighted by Crippen LogP contribution is -2.26. The van der Waals surface area contributed by atoms with Gasteiger partial charge in [-0.2, -0.15) is 13.2 Å². The smallest absolute Gasteiger partial charge is 0.418 e. The van der Waals surface area contributed by atoms with Crippen molar-refractivity contribution in [3.05, 3.63) is 53.7 Å². The Balaban J connectivity index is 1.67. The van der Waals surface area contributed by atoms with Gasteiger partial charge in [-0.15, -0.1) is 0 Å². The second-order valence-corrected chi connectivity index (χ2v) is 5.81. The molecule has 1 fully saturated rings. The van der Waals surface area contributed by atoms with Crippen LogP contribution in [0.15, 0.2) is 42.6 Å². The molecule has 0 unspecified atom stereocenters. The average Bonchev–Trinajstić information content (AvgIpc) is 2.63. The number of halogens is 3. The van der Waals surface area contributed by atoms with Crippen LogP contribution in [0.2, 0.25) is 0 Å². The van der Waals surface area contributed by atoms with E-state index in [1.54, 1.807) is 0 Å². The van der Waals surface area contributed by atoms with Gasteiger partial charge in [0.25, 0.3) is 5.91 Å². The standard InChI is InChI=1S/C18H17F3N2O3/c19-18(20,21)14-3-1-2-4-15(14)23-17(24)12-5-6-16(22-11-12)26-13-7-9-25-10-8-13/h1-6,11,13H,7-10H2,(H,23,24). The molecule has 1 aromatic heterocycles. The SMILES string of the molecule is O=C(Nc1ccccc1C(F)(F)F)c1ccc(OC2CCOCC2)nc1. The van der Waals surface area contributed by atoms with Crippen LogP contribution in [0.5, 0.6) is 5.88 Å². The number of para-hydroxylation sites is 1. The van der Waals surface area contributed by atoms with E-state index in [9.17, 15) is 18.0 Å². The summed E-state index contributed by atoms with van der Waals surface area (Å²) >= 11 is 0. The van der Waals surface area contributed by atoms with E-state index in [1.165, 1.54) is 36.5 Å². The van der Waals surface area contributed by atoms with E-state index in [2.05, 4.69) is 10.3 Å². The molecule has 0 aliphatic carbocycles. The Morgan fingerprint density at radius 3 is 2.54 bits per heavy atom. The number of aromatic nitrogens is 1. The minimum absolute atomic E-state index is 0.00888. The van der Waals surface area contributed by atoms with Gasteiger partial charge in [0.05, 0.1) is 30.0 Å². The topological polar surface area (TPSA) is 60.5 Å². The number of rotatable bonds is 4. The van der Waals surface area contributed by atoms with Crippen molar-refractivity contribution in [3.8, 4) is 5.88 Å². The summed E-state index contributed by atoms with van der Waals surface area (Å²) in [6, 6.07) is 7.80. The Hall–Kier alpha value is -2.61. The van der Waals surface area contributed by atoms with Crippen molar-refractivity contribution in [1.82, 2.24) is 4.98 Å². The summed E-state index contributed by atoms with van der Waals surface area (Å²) in [6.07, 6.45) is -1.74. The molecule has 138 valence electrons. The number of hydrogen-bond donors (Lipinski definition) is 1. The number of carbonyl (C=O) groups excluding carboxylic acids is 1. The third-order valence-corrected chi connectivity index (χ3v) is 3.93. The normalized spacial score (nSPS) is 15.5. The Kier molecular flexibility index (Phi) is 5.41. The highest BCUT2D eigenvalue weighted by atomic mass is 19.4. The lowest BCUT2D eigenvalue weighted by atomic mass is 10.1. The van der Waals surface area contributed by atoms with Crippen LogP contribution in [-0.2, 0) is 10.9 Å². The van der Waals surface area contributed by atoms with Crippen LogP contribution in [0, 0.1) is 0 Å². The molecule has 5 nitrogen and oxygen atoms in total. The van der Waals surface area contributed by atoms with E-state index in [0.717, 1.165) is 18.9 Å². The molecule has 0 bridgehead atoms. The van der Waals surface area contributed by atoms with Gasteiger partial charge in [0.2, 0.25) is 5.88 Å². The summed E-state index contributed by atoms with van der Waals surface area (Å²) in [4.78, 5) is 16.3. The van der Waals surface area contributed by atoms with Gasteiger partial charge in [0, 0.05) is 25.1 Å². The van der Waals surface area contributed by atoms with E-state index in [-0.39, 0.29) is 17.4 Å². The number of nitrogens with zero attached hydrogens (tertiary/aromatic N) is 1. The second kappa shape index (κ2) is 7.74. The molecule has 0 radical (unpaired) electrons. The predicted molar refractivity (Wildman–Crippen MR) is 88.1 cm³/mol. The van der Waals surface area contributed by atoms with Crippen molar-refractivity contribution >= 4 is 11.6 Å². The highest BCUT2D eigenvalue weighted by Gasteiger charge is 2.33.